The monoisotopic (exact) mass is 299 g/mol. The fourth-order valence-corrected chi connectivity index (χ4v) is 2.15. The van der Waals surface area contributed by atoms with Crippen LogP contribution in [0.5, 0.6) is 0 Å². The fraction of sp³-hybridized carbons (Fsp3) is 0. The highest BCUT2D eigenvalue weighted by Crippen LogP contribution is 2.29. The van der Waals surface area contributed by atoms with Crippen molar-refractivity contribution in [3.8, 4) is 11.3 Å². The summed E-state index contributed by atoms with van der Waals surface area (Å²) in [6.45, 7) is 0. The molecule has 0 fully saturated rings. The molecule has 1 aromatic carbocycles. The third-order valence-electron chi connectivity index (χ3n) is 2.70. The fourth-order valence-electron chi connectivity index (χ4n) is 1.81. The number of benzene rings is 1. The van der Waals surface area contributed by atoms with Gasteiger partial charge in [-0.05, 0) is 12.1 Å². The second kappa shape index (κ2) is 4.43. The lowest BCUT2D eigenvalue weighted by Crippen LogP contribution is -1.95. The third kappa shape index (κ3) is 1.86. The van der Waals surface area contributed by atoms with Gasteiger partial charge in [0.2, 0.25) is 0 Å². The lowest BCUT2D eigenvalue weighted by Gasteiger charge is -2.05. The molecule has 0 unspecified atom stereocenters. The number of halogens is 4. The molecule has 3 rings (SSSR count). The Hall–Kier alpha value is -1.72. The molecule has 0 N–H and O–H groups in total. The van der Waals surface area contributed by atoms with E-state index in [1.165, 1.54) is 28.9 Å². The van der Waals surface area contributed by atoms with Crippen molar-refractivity contribution in [2.24, 2.45) is 0 Å². The molecule has 0 aliphatic carbocycles. The Morgan fingerprint density at radius 1 is 1.05 bits per heavy atom. The van der Waals surface area contributed by atoms with Crippen molar-refractivity contribution in [3.05, 3.63) is 52.5 Å². The van der Waals surface area contributed by atoms with Gasteiger partial charge in [-0.3, -0.25) is 4.40 Å². The molecule has 96 valence electrons. The molecule has 0 saturated carbocycles. The molecule has 0 bridgehead atoms. The van der Waals surface area contributed by atoms with Crippen LogP contribution in [-0.2, 0) is 0 Å². The highest BCUT2D eigenvalue weighted by atomic mass is 35.5. The molecule has 0 saturated heterocycles. The SMILES string of the molecule is Fc1c(Cl)ccc(-c2cnc3c(Cl)nccn23)c1F. The normalized spacial score (nSPS) is 11.2. The van der Waals surface area contributed by atoms with Crippen molar-refractivity contribution < 1.29 is 8.78 Å². The van der Waals surface area contributed by atoms with E-state index in [9.17, 15) is 8.78 Å². The summed E-state index contributed by atoms with van der Waals surface area (Å²) in [6.07, 6.45) is 4.41. The van der Waals surface area contributed by atoms with Crippen LogP contribution < -0.4 is 0 Å². The Balaban J connectivity index is 2.31. The number of nitrogens with zero attached hydrogens (tertiary/aromatic N) is 3. The first-order valence-corrected chi connectivity index (χ1v) is 5.96. The maximum absolute atomic E-state index is 13.9. The number of aromatic nitrogens is 3. The predicted molar refractivity (Wildman–Crippen MR) is 68.4 cm³/mol. The smallest absolute Gasteiger partial charge is 0.178 e. The van der Waals surface area contributed by atoms with Crippen molar-refractivity contribution in [3.63, 3.8) is 0 Å². The second-order valence-electron chi connectivity index (χ2n) is 3.78. The minimum Gasteiger partial charge on any atom is -0.295 e. The van der Waals surface area contributed by atoms with Crippen molar-refractivity contribution in [2.45, 2.75) is 0 Å². The molecule has 3 aromatic rings. The zero-order valence-electron chi connectivity index (χ0n) is 9.24. The van der Waals surface area contributed by atoms with Gasteiger partial charge in [0, 0.05) is 18.0 Å². The summed E-state index contributed by atoms with van der Waals surface area (Å²) in [5.74, 6) is -2.11. The Bertz CT molecular complexity index is 786. The van der Waals surface area contributed by atoms with Gasteiger partial charge in [0.05, 0.1) is 16.9 Å². The van der Waals surface area contributed by atoms with Crippen LogP contribution in [-0.4, -0.2) is 14.4 Å². The van der Waals surface area contributed by atoms with Gasteiger partial charge in [-0.2, -0.15) is 0 Å². The number of fused-ring (bicyclic) bond motifs is 1. The summed E-state index contributed by atoms with van der Waals surface area (Å²) in [5.41, 5.74) is 0.790. The van der Waals surface area contributed by atoms with Crippen molar-refractivity contribution in [1.29, 1.82) is 0 Å². The molecule has 0 aliphatic heterocycles. The lowest BCUT2D eigenvalue weighted by molar-refractivity contribution is 0.511. The topological polar surface area (TPSA) is 30.2 Å². The number of hydrogen-bond donors (Lipinski definition) is 0. The first-order chi connectivity index (χ1) is 9.09. The van der Waals surface area contributed by atoms with Gasteiger partial charge in [0.15, 0.2) is 22.4 Å². The summed E-state index contributed by atoms with van der Waals surface area (Å²) < 4.78 is 28.9. The van der Waals surface area contributed by atoms with Crippen molar-refractivity contribution in [1.82, 2.24) is 14.4 Å². The van der Waals surface area contributed by atoms with Gasteiger partial charge >= 0.3 is 0 Å². The van der Waals surface area contributed by atoms with Crippen LogP contribution in [0, 0.1) is 11.6 Å². The summed E-state index contributed by atoms with van der Waals surface area (Å²) in [6, 6.07) is 2.68. The first-order valence-electron chi connectivity index (χ1n) is 5.21. The summed E-state index contributed by atoms with van der Waals surface area (Å²) in [7, 11) is 0. The summed E-state index contributed by atoms with van der Waals surface area (Å²) in [5, 5.41) is -0.0848. The molecule has 7 heteroatoms. The van der Waals surface area contributed by atoms with Crippen LogP contribution >= 0.6 is 23.2 Å². The maximum atomic E-state index is 13.9. The standard InChI is InChI=1S/C12H5Cl2F2N3/c13-7-2-1-6(9(15)10(7)16)8-5-18-12-11(14)17-3-4-19(8)12/h1-5H. The van der Waals surface area contributed by atoms with Crippen molar-refractivity contribution >= 4 is 28.8 Å². The Morgan fingerprint density at radius 3 is 2.63 bits per heavy atom. The van der Waals surface area contributed by atoms with E-state index in [0.29, 0.717) is 11.3 Å². The maximum Gasteiger partial charge on any atom is 0.178 e. The van der Waals surface area contributed by atoms with E-state index in [1.54, 1.807) is 6.20 Å². The molecule has 0 atom stereocenters. The van der Waals surface area contributed by atoms with Gasteiger partial charge in [0.1, 0.15) is 0 Å². The number of hydrogen-bond acceptors (Lipinski definition) is 2. The highest BCUT2D eigenvalue weighted by molar-refractivity contribution is 6.32. The van der Waals surface area contributed by atoms with Gasteiger partial charge in [-0.25, -0.2) is 18.7 Å². The zero-order chi connectivity index (χ0) is 13.6. The van der Waals surface area contributed by atoms with Gasteiger partial charge < -0.3 is 0 Å². The largest absolute Gasteiger partial charge is 0.295 e. The summed E-state index contributed by atoms with van der Waals surface area (Å²) >= 11 is 11.4. The molecule has 0 radical (unpaired) electrons. The molecule has 3 nitrogen and oxygen atoms in total. The number of imidazole rings is 1. The Morgan fingerprint density at radius 2 is 1.84 bits per heavy atom. The van der Waals surface area contributed by atoms with Crippen LogP contribution in [0.3, 0.4) is 0 Å². The van der Waals surface area contributed by atoms with E-state index in [4.69, 9.17) is 23.2 Å². The van der Waals surface area contributed by atoms with Crippen LogP contribution in [0.2, 0.25) is 10.2 Å². The Labute approximate surface area is 116 Å². The third-order valence-corrected chi connectivity index (χ3v) is 3.25. The zero-order valence-corrected chi connectivity index (χ0v) is 10.8. The molecule has 2 aromatic heterocycles. The minimum atomic E-state index is -1.09. The van der Waals surface area contributed by atoms with E-state index >= 15 is 0 Å². The van der Waals surface area contributed by atoms with Crippen LogP contribution in [0.4, 0.5) is 8.78 Å². The minimum absolute atomic E-state index is 0.0525. The van der Waals surface area contributed by atoms with Crippen LogP contribution in [0.15, 0.2) is 30.7 Å². The Kier molecular flexibility index (Phi) is 2.88. The molecule has 19 heavy (non-hydrogen) atoms. The molecular formula is C12H5Cl2F2N3. The van der Waals surface area contributed by atoms with E-state index in [1.807, 2.05) is 0 Å². The van der Waals surface area contributed by atoms with Gasteiger partial charge in [-0.1, -0.05) is 23.2 Å². The van der Waals surface area contributed by atoms with E-state index in [-0.39, 0.29) is 15.7 Å². The predicted octanol–water partition coefficient (Wildman–Crippen LogP) is 3.98. The van der Waals surface area contributed by atoms with E-state index in [2.05, 4.69) is 9.97 Å². The molecular weight excluding hydrogens is 295 g/mol. The molecule has 0 spiro atoms. The van der Waals surface area contributed by atoms with Gasteiger partial charge in [0.25, 0.3) is 0 Å². The molecule has 0 aliphatic rings. The molecule has 0 amide bonds. The van der Waals surface area contributed by atoms with Crippen LogP contribution in [0.1, 0.15) is 0 Å². The average molecular weight is 300 g/mol. The molecule has 2 heterocycles. The number of rotatable bonds is 1. The van der Waals surface area contributed by atoms with Crippen molar-refractivity contribution in [2.75, 3.05) is 0 Å². The van der Waals surface area contributed by atoms with Crippen LogP contribution in [0.25, 0.3) is 16.9 Å². The second-order valence-corrected chi connectivity index (χ2v) is 4.54. The van der Waals surface area contributed by atoms with Gasteiger partial charge in [-0.15, -0.1) is 0 Å². The lowest BCUT2D eigenvalue weighted by atomic mass is 10.1. The highest BCUT2D eigenvalue weighted by Gasteiger charge is 2.17. The average Bonchev–Trinajstić information content (AvgIpc) is 2.82. The summed E-state index contributed by atoms with van der Waals surface area (Å²) in [4.78, 5) is 7.90. The van der Waals surface area contributed by atoms with E-state index in [0.717, 1.165) is 0 Å². The first kappa shape index (κ1) is 12.3. The quantitative estimate of drug-likeness (QED) is 0.636. The van der Waals surface area contributed by atoms with E-state index < -0.39 is 11.6 Å².